The largest absolute Gasteiger partial charge is 0.496 e. The van der Waals surface area contributed by atoms with Crippen LogP contribution in [0.2, 0.25) is 0 Å². The van der Waals surface area contributed by atoms with Crippen LogP contribution in [0.25, 0.3) is 0 Å². The molecule has 0 fully saturated rings. The Labute approximate surface area is 108 Å². The molecule has 0 bridgehead atoms. The van der Waals surface area contributed by atoms with Gasteiger partial charge in [0.2, 0.25) is 0 Å². The molecule has 0 saturated heterocycles. The maximum atomic E-state index is 10.6. The van der Waals surface area contributed by atoms with Crippen LogP contribution in [0.3, 0.4) is 0 Å². The molecular weight excluding hydrogens is 228 g/mol. The highest BCUT2D eigenvalue weighted by Gasteiger charge is 2.23. The second-order valence-electron chi connectivity index (χ2n) is 4.91. The van der Waals surface area contributed by atoms with Crippen molar-refractivity contribution >= 4 is 5.97 Å². The number of carboxylic acid groups (broad SMARTS) is 1. The number of aliphatic carboxylic acids is 1. The number of methoxy groups -OCH3 is 1. The predicted octanol–water partition coefficient (Wildman–Crippen LogP) is 3.37. The minimum Gasteiger partial charge on any atom is -0.496 e. The van der Waals surface area contributed by atoms with Crippen molar-refractivity contribution in [3.05, 3.63) is 29.3 Å². The number of carbonyl (C=O) groups is 1. The molecule has 0 heterocycles. The molecule has 18 heavy (non-hydrogen) atoms. The lowest BCUT2D eigenvalue weighted by Gasteiger charge is -2.27. The summed E-state index contributed by atoms with van der Waals surface area (Å²) in [7, 11) is 1.71. The first-order chi connectivity index (χ1) is 8.72. The highest BCUT2D eigenvalue weighted by atomic mass is 16.5. The minimum absolute atomic E-state index is 0.265. The topological polar surface area (TPSA) is 46.5 Å². The van der Waals surface area contributed by atoms with E-state index in [0.29, 0.717) is 5.92 Å². The van der Waals surface area contributed by atoms with Gasteiger partial charge in [0.05, 0.1) is 7.11 Å². The average Bonchev–Trinajstić information content (AvgIpc) is 2.37. The third-order valence-corrected chi connectivity index (χ3v) is 3.73. The van der Waals surface area contributed by atoms with Crippen molar-refractivity contribution in [1.29, 1.82) is 0 Å². The van der Waals surface area contributed by atoms with Crippen molar-refractivity contribution in [2.75, 3.05) is 7.11 Å². The highest BCUT2D eigenvalue weighted by Crippen LogP contribution is 2.40. The van der Waals surface area contributed by atoms with E-state index in [1.165, 1.54) is 17.5 Å². The first-order valence-corrected chi connectivity index (χ1v) is 6.60. The molecule has 98 valence electrons. The second kappa shape index (κ2) is 5.89. The van der Waals surface area contributed by atoms with Gasteiger partial charge in [-0.05, 0) is 49.7 Å². The Balaban J connectivity index is 2.13. The van der Waals surface area contributed by atoms with E-state index in [1.54, 1.807) is 7.11 Å². The summed E-state index contributed by atoms with van der Waals surface area (Å²) in [5.74, 6) is 0.725. The van der Waals surface area contributed by atoms with Gasteiger partial charge in [-0.15, -0.1) is 0 Å². The van der Waals surface area contributed by atoms with E-state index < -0.39 is 5.97 Å². The van der Waals surface area contributed by atoms with E-state index in [-0.39, 0.29) is 6.42 Å². The molecule has 3 heteroatoms. The smallest absolute Gasteiger partial charge is 0.303 e. The van der Waals surface area contributed by atoms with Gasteiger partial charge in [-0.3, -0.25) is 4.79 Å². The van der Waals surface area contributed by atoms with Crippen LogP contribution in [0.5, 0.6) is 5.75 Å². The zero-order chi connectivity index (χ0) is 13.0. The number of aryl methyl sites for hydroxylation is 1. The van der Waals surface area contributed by atoms with Crippen LogP contribution in [0.1, 0.15) is 49.1 Å². The number of ether oxygens (including phenoxy) is 1. The van der Waals surface area contributed by atoms with Crippen LogP contribution in [-0.2, 0) is 11.2 Å². The molecule has 1 aliphatic rings. The predicted molar refractivity (Wildman–Crippen MR) is 70.2 cm³/mol. The molecular formula is C15H20O3. The van der Waals surface area contributed by atoms with Gasteiger partial charge in [-0.25, -0.2) is 0 Å². The Morgan fingerprint density at radius 1 is 1.50 bits per heavy atom. The average molecular weight is 248 g/mol. The van der Waals surface area contributed by atoms with Crippen LogP contribution in [0.4, 0.5) is 0 Å². The normalized spacial score (nSPS) is 18.2. The second-order valence-corrected chi connectivity index (χ2v) is 4.91. The first-order valence-electron chi connectivity index (χ1n) is 6.60. The van der Waals surface area contributed by atoms with E-state index in [1.807, 2.05) is 12.1 Å². The number of hydrogen-bond acceptors (Lipinski definition) is 2. The van der Waals surface area contributed by atoms with Crippen molar-refractivity contribution in [2.24, 2.45) is 0 Å². The number of benzene rings is 1. The number of fused-ring (bicyclic) bond motifs is 1. The molecule has 0 spiro atoms. The number of hydrogen-bond donors (Lipinski definition) is 1. The number of carboxylic acids is 1. The van der Waals surface area contributed by atoms with Crippen molar-refractivity contribution in [3.8, 4) is 5.75 Å². The molecule has 0 radical (unpaired) electrons. The fourth-order valence-corrected chi connectivity index (χ4v) is 2.92. The van der Waals surface area contributed by atoms with E-state index in [9.17, 15) is 4.79 Å². The van der Waals surface area contributed by atoms with Gasteiger partial charge in [0.25, 0.3) is 0 Å². The first kappa shape index (κ1) is 12.9. The Morgan fingerprint density at radius 2 is 2.33 bits per heavy atom. The fraction of sp³-hybridized carbons (Fsp3) is 0.533. The zero-order valence-electron chi connectivity index (χ0n) is 10.8. The van der Waals surface area contributed by atoms with Crippen molar-refractivity contribution in [3.63, 3.8) is 0 Å². The third kappa shape index (κ3) is 2.84. The van der Waals surface area contributed by atoms with Gasteiger partial charge < -0.3 is 9.84 Å². The highest BCUT2D eigenvalue weighted by molar-refractivity contribution is 5.66. The molecule has 0 saturated carbocycles. The summed E-state index contributed by atoms with van der Waals surface area (Å²) in [6, 6.07) is 6.22. The summed E-state index contributed by atoms with van der Waals surface area (Å²) in [5, 5.41) is 8.71. The monoisotopic (exact) mass is 248 g/mol. The molecule has 0 unspecified atom stereocenters. The standard InChI is InChI=1S/C15H20O3/c1-18-13-9-3-7-11-5-2-6-12(15(11)13)8-4-10-14(16)17/h3,7,9,12H,2,4-6,8,10H2,1H3,(H,16,17)/t12-/m0/s1. The molecule has 2 rings (SSSR count). The molecule has 1 aromatic carbocycles. The van der Waals surface area contributed by atoms with Crippen LogP contribution >= 0.6 is 0 Å². The Morgan fingerprint density at radius 3 is 3.06 bits per heavy atom. The summed E-state index contributed by atoms with van der Waals surface area (Å²) in [5.41, 5.74) is 2.69. The van der Waals surface area contributed by atoms with E-state index >= 15 is 0 Å². The van der Waals surface area contributed by atoms with Gasteiger partial charge >= 0.3 is 5.97 Å². The lowest BCUT2D eigenvalue weighted by Crippen LogP contribution is -2.12. The Bertz CT molecular complexity index is 411. The summed E-state index contributed by atoms with van der Waals surface area (Å²) in [4.78, 5) is 10.6. The number of rotatable bonds is 5. The van der Waals surface area contributed by atoms with Gasteiger partial charge in [0, 0.05) is 12.0 Å². The van der Waals surface area contributed by atoms with Crippen molar-refractivity contribution < 1.29 is 14.6 Å². The van der Waals surface area contributed by atoms with Crippen LogP contribution < -0.4 is 4.74 Å². The van der Waals surface area contributed by atoms with Crippen molar-refractivity contribution in [1.82, 2.24) is 0 Å². The summed E-state index contributed by atoms with van der Waals surface area (Å²) < 4.78 is 5.45. The van der Waals surface area contributed by atoms with Crippen LogP contribution in [-0.4, -0.2) is 18.2 Å². The van der Waals surface area contributed by atoms with E-state index in [0.717, 1.165) is 31.4 Å². The molecule has 1 aromatic rings. The maximum Gasteiger partial charge on any atom is 0.303 e. The summed E-state index contributed by atoms with van der Waals surface area (Å²) in [6.07, 6.45) is 5.41. The molecule has 0 aromatic heterocycles. The zero-order valence-corrected chi connectivity index (χ0v) is 10.8. The van der Waals surface area contributed by atoms with Gasteiger partial charge in [-0.1, -0.05) is 12.1 Å². The molecule has 3 nitrogen and oxygen atoms in total. The minimum atomic E-state index is -0.703. The Hall–Kier alpha value is -1.51. The van der Waals surface area contributed by atoms with Gasteiger partial charge in [0.15, 0.2) is 0 Å². The summed E-state index contributed by atoms with van der Waals surface area (Å²) in [6.45, 7) is 0. The molecule has 0 aliphatic heterocycles. The lowest BCUT2D eigenvalue weighted by atomic mass is 9.79. The third-order valence-electron chi connectivity index (χ3n) is 3.73. The lowest BCUT2D eigenvalue weighted by molar-refractivity contribution is -0.137. The fourth-order valence-electron chi connectivity index (χ4n) is 2.92. The van der Waals surface area contributed by atoms with Gasteiger partial charge in [0.1, 0.15) is 5.75 Å². The van der Waals surface area contributed by atoms with E-state index in [2.05, 4.69) is 6.07 Å². The molecule has 1 N–H and O–H groups in total. The van der Waals surface area contributed by atoms with Gasteiger partial charge in [-0.2, -0.15) is 0 Å². The SMILES string of the molecule is COc1cccc2c1[C@H](CCCC(=O)O)CCC2. The van der Waals surface area contributed by atoms with Crippen LogP contribution in [0.15, 0.2) is 18.2 Å². The van der Waals surface area contributed by atoms with E-state index in [4.69, 9.17) is 9.84 Å². The quantitative estimate of drug-likeness (QED) is 0.869. The summed E-state index contributed by atoms with van der Waals surface area (Å²) >= 11 is 0. The Kier molecular flexibility index (Phi) is 4.24. The maximum absolute atomic E-state index is 10.6. The molecule has 1 aliphatic carbocycles. The molecule has 1 atom stereocenters. The molecule has 0 amide bonds. The van der Waals surface area contributed by atoms with Crippen molar-refractivity contribution in [2.45, 2.75) is 44.4 Å². The van der Waals surface area contributed by atoms with Crippen LogP contribution in [0, 0.1) is 0 Å².